The molecule has 4 heterocycles. The molecule has 3 aromatic rings. The molecule has 182 valence electrons. The van der Waals surface area contributed by atoms with E-state index in [1.165, 1.54) is 35.9 Å². The molecule has 0 bridgehead atoms. The molecule has 3 aliphatic rings. The third-order valence-corrected chi connectivity index (χ3v) is 7.56. The number of ether oxygens (including phenoxy) is 1. The Kier molecular flexibility index (Phi) is 5.21. The third-order valence-electron chi connectivity index (χ3n) is 7.56. The van der Waals surface area contributed by atoms with E-state index in [0.717, 1.165) is 25.5 Å². The molecule has 6 rings (SSSR count). The van der Waals surface area contributed by atoms with Crippen LogP contribution in [0.1, 0.15) is 44.2 Å². The molecule has 0 spiro atoms. The molecule has 3 atom stereocenters. The van der Waals surface area contributed by atoms with Gasteiger partial charge < -0.3 is 4.74 Å². The number of hydrazone groups is 1. The maximum Gasteiger partial charge on any atom is 0.274 e. The molecule has 0 N–H and O–H groups in total. The maximum absolute atomic E-state index is 14.8. The molecule has 1 unspecified atom stereocenters. The molecule has 2 fully saturated rings. The third kappa shape index (κ3) is 3.91. The van der Waals surface area contributed by atoms with Crippen molar-refractivity contribution in [3.8, 4) is 11.3 Å². The van der Waals surface area contributed by atoms with Crippen LogP contribution in [0.25, 0.3) is 22.0 Å². The number of benzene rings is 1. The molecule has 2 aliphatic heterocycles. The molecule has 1 saturated heterocycles. The Balaban J connectivity index is 1.40. The number of pyridine rings is 1. The smallest absolute Gasteiger partial charge is 0.274 e. The molecule has 0 radical (unpaired) electrons. The van der Waals surface area contributed by atoms with Gasteiger partial charge in [0, 0.05) is 66.5 Å². The van der Waals surface area contributed by atoms with Gasteiger partial charge in [0.25, 0.3) is 5.56 Å². The summed E-state index contributed by atoms with van der Waals surface area (Å²) in [4.78, 5) is 17.8. The highest BCUT2D eigenvalue weighted by atomic mass is 19.1. The molecule has 1 aliphatic carbocycles. The van der Waals surface area contributed by atoms with Crippen molar-refractivity contribution in [2.75, 3.05) is 13.2 Å². The van der Waals surface area contributed by atoms with Crippen LogP contribution in [0.4, 0.5) is 8.78 Å². The lowest BCUT2D eigenvalue weighted by atomic mass is 9.78. The Morgan fingerprint density at radius 1 is 1.14 bits per heavy atom. The van der Waals surface area contributed by atoms with Gasteiger partial charge in [0.2, 0.25) is 0 Å². The van der Waals surface area contributed by atoms with Gasteiger partial charge in [-0.3, -0.25) is 14.8 Å². The van der Waals surface area contributed by atoms with E-state index in [2.05, 4.69) is 22.1 Å². The Hall–Kier alpha value is -3.20. The minimum atomic E-state index is -0.726. The van der Waals surface area contributed by atoms with E-state index < -0.39 is 11.6 Å². The van der Waals surface area contributed by atoms with Gasteiger partial charge in [0.15, 0.2) is 0 Å². The molecule has 1 aromatic carbocycles. The average molecular weight is 480 g/mol. The van der Waals surface area contributed by atoms with E-state index in [0.29, 0.717) is 34.8 Å². The summed E-state index contributed by atoms with van der Waals surface area (Å²) in [5, 5.41) is 11.8. The van der Waals surface area contributed by atoms with E-state index in [-0.39, 0.29) is 28.6 Å². The van der Waals surface area contributed by atoms with Crippen LogP contribution >= 0.6 is 0 Å². The van der Waals surface area contributed by atoms with Crippen LogP contribution in [-0.2, 0) is 11.8 Å². The van der Waals surface area contributed by atoms with Crippen molar-refractivity contribution in [2.24, 2.45) is 17.6 Å². The number of aromatic nitrogens is 3. The summed E-state index contributed by atoms with van der Waals surface area (Å²) in [6.45, 7) is 3.58. The number of hydrogen-bond donors (Lipinski definition) is 0. The average Bonchev–Trinajstić information content (AvgIpc) is 3.62. The quantitative estimate of drug-likeness (QED) is 0.566. The van der Waals surface area contributed by atoms with E-state index in [1.807, 2.05) is 6.21 Å². The van der Waals surface area contributed by atoms with E-state index in [1.54, 1.807) is 13.1 Å². The highest BCUT2D eigenvalue weighted by Gasteiger charge is 2.45. The molecule has 9 heteroatoms. The maximum atomic E-state index is 14.8. The van der Waals surface area contributed by atoms with Gasteiger partial charge in [-0.25, -0.2) is 13.5 Å². The predicted molar refractivity (Wildman–Crippen MR) is 128 cm³/mol. The zero-order chi connectivity index (χ0) is 24.3. The summed E-state index contributed by atoms with van der Waals surface area (Å²) in [6.07, 6.45) is 7.33. The minimum absolute atomic E-state index is 0.0264. The second-order valence-electron chi connectivity index (χ2n) is 10.2. The lowest BCUT2D eigenvalue weighted by Crippen LogP contribution is -2.43. The van der Waals surface area contributed by atoms with Crippen LogP contribution in [0.3, 0.4) is 0 Å². The molecule has 35 heavy (non-hydrogen) atoms. The van der Waals surface area contributed by atoms with Crippen LogP contribution in [-0.4, -0.2) is 51.3 Å². The number of nitrogens with zero attached hydrogens (tertiary/aromatic N) is 5. The van der Waals surface area contributed by atoms with Crippen molar-refractivity contribution in [2.45, 2.75) is 50.7 Å². The fourth-order valence-electron chi connectivity index (χ4n) is 5.29. The molecule has 1 saturated carbocycles. The van der Waals surface area contributed by atoms with Crippen molar-refractivity contribution < 1.29 is 13.5 Å². The Labute approximate surface area is 201 Å². The fraction of sp³-hybridized carbons (Fsp3) is 0.462. The summed E-state index contributed by atoms with van der Waals surface area (Å²) in [5.41, 5.74) is 0.673. The lowest BCUT2D eigenvalue weighted by molar-refractivity contribution is -0.0461. The molecule has 7 nitrogen and oxygen atoms in total. The second-order valence-corrected chi connectivity index (χ2v) is 10.2. The minimum Gasteiger partial charge on any atom is -0.377 e. The van der Waals surface area contributed by atoms with Gasteiger partial charge in [0.05, 0.1) is 23.4 Å². The van der Waals surface area contributed by atoms with Crippen molar-refractivity contribution in [1.29, 1.82) is 0 Å². The first-order chi connectivity index (χ1) is 16.8. The predicted octanol–water partition coefficient (Wildman–Crippen LogP) is 4.01. The lowest BCUT2D eigenvalue weighted by Gasteiger charge is -2.38. The van der Waals surface area contributed by atoms with E-state index >= 15 is 0 Å². The summed E-state index contributed by atoms with van der Waals surface area (Å²) in [7, 11) is 1.58. The Morgan fingerprint density at radius 3 is 2.74 bits per heavy atom. The summed E-state index contributed by atoms with van der Waals surface area (Å²) in [5.74, 6) is -1.37. The number of halogens is 2. The topological polar surface area (TPSA) is 72.6 Å². The van der Waals surface area contributed by atoms with Crippen LogP contribution in [0, 0.1) is 17.0 Å². The Morgan fingerprint density at radius 2 is 1.97 bits per heavy atom. The molecular formula is C26H27F2N5O2. The first-order valence-electron chi connectivity index (χ1n) is 12.1. The summed E-state index contributed by atoms with van der Waals surface area (Å²) >= 11 is 0. The van der Waals surface area contributed by atoms with Crippen LogP contribution < -0.4 is 5.56 Å². The number of aryl methyl sites for hydroxylation is 1. The van der Waals surface area contributed by atoms with Crippen molar-refractivity contribution in [3.05, 3.63) is 58.1 Å². The van der Waals surface area contributed by atoms with E-state index in [4.69, 9.17) is 9.72 Å². The van der Waals surface area contributed by atoms with Crippen molar-refractivity contribution >= 4 is 17.0 Å². The summed E-state index contributed by atoms with van der Waals surface area (Å²) in [6, 6.07) is 5.75. The van der Waals surface area contributed by atoms with Crippen LogP contribution in [0.5, 0.6) is 0 Å². The molecule has 2 aromatic heterocycles. The van der Waals surface area contributed by atoms with Crippen molar-refractivity contribution in [3.63, 3.8) is 0 Å². The fourth-order valence-corrected chi connectivity index (χ4v) is 5.29. The number of rotatable bonds is 4. The molecule has 0 amide bonds. The van der Waals surface area contributed by atoms with Crippen LogP contribution in [0.2, 0.25) is 0 Å². The van der Waals surface area contributed by atoms with Gasteiger partial charge in [-0.2, -0.15) is 10.2 Å². The van der Waals surface area contributed by atoms with Gasteiger partial charge in [0.1, 0.15) is 11.6 Å². The first kappa shape index (κ1) is 22.3. The van der Waals surface area contributed by atoms with Gasteiger partial charge in [-0.15, -0.1) is 0 Å². The monoisotopic (exact) mass is 479 g/mol. The molecular weight excluding hydrogens is 452 g/mol. The highest BCUT2D eigenvalue weighted by Crippen LogP contribution is 2.42. The standard InChI is InChI=1S/C26H27F2N5O2/c1-26(13-30-33(14-26)17-4-5-17)23-9-15(7-8-35-23)22-11-19-20(12-29-32(2)25(19)34)24(31-22)18-6-3-16(27)10-21(18)28/h3,6,10-13,15,17,23H,4-5,7-9,14H2,1-2H3/t15-,23+,26?/m0/s1. The van der Waals surface area contributed by atoms with Gasteiger partial charge in [-0.05, 0) is 43.9 Å². The first-order valence-corrected chi connectivity index (χ1v) is 12.1. The normalized spacial score (nSPS) is 26.6. The Bertz CT molecular complexity index is 1400. The zero-order valence-electron chi connectivity index (χ0n) is 19.7. The second kappa shape index (κ2) is 8.19. The number of fused-ring (bicyclic) bond motifs is 1. The largest absolute Gasteiger partial charge is 0.377 e. The number of hydrogen-bond acceptors (Lipinski definition) is 6. The zero-order valence-corrected chi connectivity index (χ0v) is 19.7. The van der Waals surface area contributed by atoms with E-state index in [9.17, 15) is 13.6 Å². The van der Waals surface area contributed by atoms with Gasteiger partial charge >= 0.3 is 0 Å². The van der Waals surface area contributed by atoms with Crippen LogP contribution in [0.15, 0.2) is 40.4 Å². The highest BCUT2D eigenvalue weighted by molar-refractivity contribution is 5.94. The SMILES string of the molecule is Cn1ncc2c(-c3ccc(F)cc3F)nc([C@H]3CCO[C@@H](C4(C)C=NN(C5CC5)C4)C3)cc2c1=O. The van der Waals surface area contributed by atoms with Gasteiger partial charge in [-0.1, -0.05) is 6.92 Å². The summed E-state index contributed by atoms with van der Waals surface area (Å²) < 4.78 is 35.9. The van der Waals surface area contributed by atoms with Crippen molar-refractivity contribution in [1.82, 2.24) is 19.8 Å².